The van der Waals surface area contributed by atoms with Crippen molar-refractivity contribution < 1.29 is 49.0 Å². The number of benzene rings is 6. The van der Waals surface area contributed by atoms with E-state index in [1.54, 1.807) is 24.2 Å². The molecular weight excluding hydrogens is 631 g/mol. The zero-order valence-electron chi connectivity index (χ0n) is 23.6. The summed E-state index contributed by atoms with van der Waals surface area (Å²) < 4.78 is 1.51. The van der Waals surface area contributed by atoms with Crippen molar-refractivity contribution in [3.63, 3.8) is 0 Å². The number of hydrogen-bond acceptors (Lipinski definition) is 0. The molecule has 0 aliphatic rings. The van der Waals surface area contributed by atoms with Crippen molar-refractivity contribution in [3.8, 4) is 11.1 Å². The first kappa shape index (κ1) is 31.6. The summed E-state index contributed by atoms with van der Waals surface area (Å²) in [4.78, 5) is 0. The quantitative estimate of drug-likeness (QED) is 0.172. The Kier molecular flexibility index (Phi) is 10.7. The molecule has 0 saturated heterocycles. The van der Waals surface area contributed by atoms with Crippen LogP contribution in [0.4, 0.5) is 0 Å². The minimum Gasteiger partial charge on any atom is -1.00 e. The van der Waals surface area contributed by atoms with Crippen LogP contribution in [0.15, 0.2) is 146 Å². The normalized spacial score (nSPS) is 10.4. The minimum atomic E-state index is 0. The molecule has 8 aromatic carbocycles. The summed E-state index contributed by atoms with van der Waals surface area (Å²) in [6, 6.07) is 52.0. The van der Waals surface area contributed by atoms with Gasteiger partial charge in [0.25, 0.3) is 0 Å². The van der Waals surface area contributed by atoms with Crippen LogP contribution in [0.1, 0.15) is 13.8 Å². The van der Waals surface area contributed by atoms with Crippen LogP contribution >= 0.6 is 0 Å². The summed E-state index contributed by atoms with van der Waals surface area (Å²) in [5, 5.41) is 13.4. The fourth-order valence-corrected chi connectivity index (χ4v) is 5.65. The molecular formula is C39H30Cl2Zr-2. The molecule has 0 bridgehead atoms. The fraction of sp³-hybridized carbons (Fsp3) is 0.0513. The summed E-state index contributed by atoms with van der Waals surface area (Å²) in [5.74, 6) is 0. The Morgan fingerprint density at radius 3 is 1.55 bits per heavy atom. The van der Waals surface area contributed by atoms with Gasteiger partial charge in [-0.2, -0.15) is 24.3 Å². The van der Waals surface area contributed by atoms with Crippen molar-refractivity contribution in [1.82, 2.24) is 0 Å². The van der Waals surface area contributed by atoms with E-state index in [0.29, 0.717) is 0 Å². The van der Waals surface area contributed by atoms with Crippen LogP contribution in [0, 0.1) is 0 Å². The van der Waals surface area contributed by atoms with Gasteiger partial charge in [0.05, 0.1) is 0 Å². The summed E-state index contributed by atoms with van der Waals surface area (Å²) in [6.07, 6.45) is 0. The monoisotopic (exact) mass is 658 g/mol. The van der Waals surface area contributed by atoms with Crippen LogP contribution in [0.25, 0.3) is 65.0 Å². The third-order valence-corrected chi connectivity index (χ3v) is 7.30. The predicted octanol–water partition coefficient (Wildman–Crippen LogP) is 5.00. The molecule has 0 unspecified atom stereocenters. The molecule has 0 aliphatic heterocycles. The van der Waals surface area contributed by atoms with Gasteiger partial charge in [0, 0.05) is 0 Å². The van der Waals surface area contributed by atoms with E-state index in [4.69, 9.17) is 0 Å². The standard InChI is InChI=1S/C19H13.C17H11.C3H6.2ClH.Zr/c1-2-10-16-14(6-1)8-4-12-18(16)19-13-5-9-15-7-3-11-17(15)19;1-3-8-14-12(6-1)13-7-2-4-9-15(13)17-11-5-10-16(14)17;1-3-2;;;/h1-13H;1-11H;1-2H3;2*1H;/q2*-1;;;;+2/p-2. The Balaban J connectivity index is 0.000000165. The molecule has 0 heterocycles. The van der Waals surface area contributed by atoms with Gasteiger partial charge in [-0.1, -0.05) is 119 Å². The van der Waals surface area contributed by atoms with E-state index >= 15 is 0 Å². The van der Waals surface area contributed by atoms with Crippen molar-refractivity contribution in [2.45, 2.75) is 13.8 Å². The van der Waals surface area contributed by atoms with Crippen LogP contribution in [-0.2, 0) is 24.2 Å². The van der Waals surface area contributed by atoms with E-state index in [2.05, 4.69) is 159 Å². The number of hydrogen-bond donors (Lipinski definition) is 0. The summed E-state index contributed by atoms with van der Waals surface area (Å²) in [7, 11) is 0. The van der Waals surface area contributed by atoms with Crippen molar-refractivity contribution in [1.29, 1.82) is 0 Å². The van der Waals surface area contributed by atoms with Crippen LogP contribution in [0.2, 0.25) is 0 Å². The van der Waals surface area contributed by atoms with Crippen LogP contribution in [0.3, 0.4) is 0 Å². The van der Waals surface area contributed by atoms with Gasteiger partial charge in [-0.15, -0.1) is 45.8 Å². The predicted molar refractivity (Wildman–Crippen MR) is 173 cm³/mol. The maximum atomic E-state index is 2.21. The zero-order valence-corrected chi connectivity index (χ0v) is 27.6. The Morgan fingerprint density at radius 1 is 0.452 bits per heavy atom. The van der Waals surface area contributed by atoms with Crippen molar-refractivity contribution in [2.24, 2.45) is 0 Å². The van der Waals surface area contributed by atoms with E-state index in [1.165, 1.54) is 68.2 Å². The van der Waals surface area contributed by atoms with Crippen LogP contribution in [-0.4, -0.2) is 3.21 Å². The fourth-order valence-electron chi connectivity index (χ4n) is 5.65. The Labute approximate surface area is 274 Å². The molecule has 8 rings (SSSR count). The maximum absolute atomic E-state index is 2.21. The van der Waals surface area contributed by atoms with Crippen molar-refractivity contribution in [2.75, 3.05) is 0 Å². The average Bonchev–Trinajstić information content (AvgIpc) is 3.68. The van der Waals surface area contributed by atoms with E-state index in [1.807, 2.05) is 0 Å². The first-order chi connectivity index (χ1) is 19.6. The van der Waals surface area contributed by atoms with Gasteiger partial charge in [0.2, 0.25) is 0 Å². The molecule has 0 N–H and O–H groups in total. The second kappa shape index (κ2) is 14.2. The minimum absolute atomic E-state index is 0. The number of fused-ring (bicyclic) bond motifs is 8. The molecule has 0 amide bonds. The maximum Gasteiger partial charge on any atom is -0.0114 e. The van der Waals surface area contributed by atoms with Crippen LogP contribution < -0.4 is 24.8 Å². The van der Waals surface area contributed by atoms with Crippen LogP contribution in [0.5, 0.6) is 0 Å². The SMILES string of the molecule is C[C](C)=[Zr+2].[Cl-].[Cl-].c1ccc2c(-c3cccc4[cH-]ccc34)cccc2c1.c1ccc2c(c1)c1ccccc1c1[cH-]ccc21. The molecule has 0 saturated carbocycles. The van der Waals surface area contributed by atoms with E-state index < -0.39 is 0 Å². The van der Waals surface area contributed by atoms with Crippen molar-refractivity contribution >= 4 is 57.1 Å². The van der Waals surface area contributed by atoms with Gasteiger partial charge in [0.15, 0.2) is 0 Å². The summed E-state index contributed by atoms with van der Waals surface area (Å²) >= 11 is 1.55. The Bertz CT molecular complexity index is 2030. The first-order valence-corrected chi connectivity index (χ1v) is 14.9. The molecule has 42 heavy (non-hydrogen) atoms. The molecule has 8 aromatic rings. The smallest absolute Gasteiger partial charge is 0.0114 e. The first-order valence-electron chi connectivity index (χ1n) is 13.7. The molecule has 0 atom stereocenters. The van der Waals surface area contributed by atoms with Gasteiger partial charge in [-0.25, -0.2) is 0 Å². The molecule has 0 aromatic heterocycles. The van der Waals surface area contributed by atoms with Gasteiger partial charge >= 0.3 is 41.3 Å². The third kappa shape index (κ3) is 6.35. The van der Waals surface area contributed by atoms with E-state index in [-0.39, 0.29) is 24.8 Å². The third-order valence-electron chi connectivity index (χ3n) is 7.30. The van der Waals surface area contributed by atoms with E-state index in [0.717, 1.165) is 0 Å². The van der Waals surface area contributed by atoms with E-state index in [9.17, 15) is 0 Å². The summed E-state index contributed by atoms with van der Waals surface area (Å²) in [6.45, 7) is 4.25. The van der Waals surface area contributed by atoms with Gasteiger partial charge in [-0.3, -0.25) is 0 Å². The zero-order chi connectivity index (χ0) is 27.5. The number of rotatable bonds is 1. The molecule has 206 valence electrons. The number of halogens is 2. The Morgan fingerprint density at radius 2 is 0.881 bits per heavy atom. The molecule has 0 spiro atoms. The van der Waals surface area contributed by atoms with Gasteiger partial charge in [-0.05, 0) is 21.7 Å². The Hall–Kier alpha value is -3.35. The summed E-state index contributed by atoms with van der Waals surface area (Å²) in [5.41, 5.74) is 2.63. The molecule has 0 fully saturated rings. The largest absolute Gasteiger partial charge is 1.00 e. The average molecular weight is 661 g/mol. The molecule has 0 nitrogen and oxygen atoms in total. The topological polar surface area (TPSA) is 0 Å². The molecule has 3 heteroatoms. The second-order valence-electron chi connectivity index (χ2n) is 10.3. The van der Waals surface area contributed by atoms with Gasteiger partial charge < -0.3 is 24.8 Å². The van der Waals surface area contributed by atoms with Gasteiger partial charge in [0.1, 0.15) is 0 Å². The molecule has 0 radical (unpaired) electrons. The second-order valence-corrected chi connectivity index (χ2v) is 12.8. The molecule has 0 aliphatic carbocycles. The van der Waals surface area contributed by atoms with Crippen molar-refractivity contribution in [3.05, 3.63) is 146 Å².